The van der Waals surface area contributed by atoms with Crippen LogP contribution < -0.4 is 4.72 Å². The Morgan fingerprint density at radius 1 is 1.07 bits per heavy atom. The maximum Gasteiger partial charge on any atom is 0.261 e. The van der Waals surface area contributed by atoms with Gasteiger partial charge in [0.1, 0.15) is 15.4 Å². The number of anilines is 1. The van der Waals surface area contributed by atoms with Gasteiger partial charge in [0.2, 0.25) is 0 Å². The first-order valence-electron chi connectivity index (χ1n) is 8.03. The van der Waals surface area contributed by atoms with E-state index in [9.17, 15) is 8.42 Å². The summed E-state index contributed by atoms with van der Waals surface area (Å²) in [5, 5.41) is 1.27. The second kappa shape index (κ2) is 6.92. The van der Waals surface area contributed by atoms with Gasteiger partial charge in [0, 0.05) is 16.8 Å². The van der Waals surface area contributed by atoms with Crippen LogP contribution in [0.5, 0.6) is 0 Å². The fourth-order valence-electron chi connectivity index (χ4n) is 2.58. The van der Waals surface area contributed by atoms with E-state index in [1.807, 2.05) is 31.2 Å². The summed E-state index contributed by atoms with van der Waals surface area (Å²) in [5.41, 5.74) is 2.98. The molecule has 0 atom stereocenters. The number of halogens is 1. The number of benzene rings is 2. The Morgan fingerprint density at radius 2 is 1.85 bits per heavy atom. The quantitative estimate of drug-likeness (QED) is 0.502. The van der Waals surface area contributed by atoms with Crippen LogP contribution in [0.1, 0.15) is 5.56 Å². The van der Waals surface area contributed by atoms with Crippen molar-refractivity contribution in [3.63, 3.8) is 0 Å². The van der Waals surface area contributed by atoms with E-state index in [1.165, 1.54) is 23.5 Å². The molecule has 0 aliphatic heterocycles. The van der Waals surface area contributed by atoms with Crippen LogP contribution in [0, 0.1) is 6.92 Å². The summed E-state index contributed by atoms with van der Waals surface area (Å²) in [7, 11) is -3.71. The van der Waals surface area contributed by atoms with Crippen molar-refractivity contribution in [2.75, 3.05) is 4.72 Å². The van der Waals surface area contributed by atoms with Crippen molar-refractivity contribution in [3.05, 3.63) is 71.4 Å². The molecule has 4 rings (SSSR count). The molecular formula is C19H14ClN3O2S2. The summed E-state index contributed by atoms with van der Waals surface area (Å²) in [6.07, 6.45) is 1.73. The number of hydrogen-bond acceptors (Lipinski definition) is 5. The lowest BCUT2D eigenvalue weighted by molar-refractivity contribution is 0.601. The Kier molecular flexibility index (Phi) is 4.59. The van der Waals surface area contributed by atoms with Crippen molar-refractivity contribution >= 4 is 49.0 Å². The summed E-state index contributed by atoms with van der Waals surface area (Å²) in [4.78, 5) is 9.89. The number of hydrogen-bond donors (Lipinski definition) is 1. The predicted octanol–water partition coefficient (Wildman–Crippen LogP) is 5.12. The van der Waals surface area contributed by atoms with Gasteiger partial charge in [-0.2, -0.15) is 0 Å². The number of pyridine rings is 1. The highest BCUT2D eigenvalue weighted by molar-refractivity contribution is 7.92. The largest absolute Gasteiger partial charge is 0.279 e. The van der Waals surface area contributed by atoms with E-state index in [2.05, 4.69) is 14.7 Å². The van der Waals surface area contributed by atoms with Crippen LogP contribution in [0.3, 0.4) is 0 Å². The third-order valence-electron chi connectivity index (χ3n) is 4.02. The van der Waals surface area contributed by atoms with Crippen LogP contribution in [0.2, 0.25) is 5.02 Å². The number of nitrogens with zero attached hydrogens (tertiary/aromatic N) is 2. The van der Waals surface area contributed by atoms with Crippen molar-refractivity contribution in [2.24, 2.45) is 0 Å². The lowest BCUT2D eigenvalue weighted by Gasteiger charge is -2.12. The SMILES string of the molecule is Cc1ccc(-c2nc3cccnc3s2)cc1NS(=O)(=O)c1ccc(Cl)cc1. The molecule has 2 aromatic carbocycles. The Balaban J connectivity index is 1.71. The van der Waals surface area contributed by atoms with Gasteiger partial charge in [0.25, 0.3) is 10.0 Å². The topological polar surface area (TPSA) is 72.0 Å². The Morgan fingerprint density at radius 3 is 2.59 bits per heavy atom. The summed E-state index contributed by atoms with van der Waals surface area (Å²) >= 11 is 7.31. The third-order valence-corrected chi connectivity index (χ3v) is 6.68. The van der Waals surface area contributed by atoms with Crippen molar-refractivity contribution in [3.8, 4) is 10.6 Å². The van der Waals surface area contributed by atoms with E-state index in [1.54, 1.807) is 24.4 Å². The Labute approximate surface area is 165 Å². The molecule has 0 radical (unpaired) electrons. The van der Waals surface area contributed by atoms with Gasteiger partial charge in [-0.05, 0) is 55.0 Å². The molecule has 0 fully saturated rings. The van der Waals surface area contributed by atoms with E-state index >= 15 is 0 Å². The van der Waals surface area contributed by atoms with Crippen LogP contribution in [0.4, 0.5) is 5.69 Å². The molecule has 2 heterocycles. The summed E-state index contributed by atoms with van der Waals surface area (Å²) < 4.78 is 28.0. The maximum absolute atomic E-state index is 12.7. The monoisotopic (exact) mass is 415 g/mol. The number of thiazole rings is 1. The van der Waals surface area contributed by atoms with Crippen molar-refractivity contribution in [2.45, 2.75) is 11.8 Å². The molecule has 0 saturated heterocycles. The van der Waals surface area contributed by atoms with Crippen molar-refractivity contribution < 1.29 is 8.42 Å². The molecule has 0 spiro atoms. The van der Waals surface area contributed by atoms with Crippen LogP contribution in [-0.4, -0.2) is 18.4 Å². The van der Waals surface area contributed by atoms with Crippen LogP contribution >= 0.6 is 22.9 Å². The zero-order valence-corrected chi connectivity index (χ0v) is 16.6. The van der Waals surface area contributed by atoms with Crippen molar-refractivity contribution in [1.82, 2.24) is 9.97 Å². The van der Waals surface area contributed by atoms with Gasteiger partial charge in [-0.1, -0.05) is 35.1 Å². The van der Waals surface area contributed by atoms with Crippen LogP contribution in [-0.2, 0) is 10.0 Å². The molecule has 0 unspecified atom stereocenters. The minimum atomic E-state index is -3.71. The minimum absolute atomic E-state index is 0.154. The highest BCUT2D eigenvalue weighted by atomic mass is 35.5. The number of rotatable bonds is 4. The molecule has 0 aliphatic rings. The predicted molar refractivity (Wildman–Crippen MR) is 110 cm³/mol. The molecule has 0 bridgehead atoms. The zero-order chi connectivity index (χ0) is 19.0. The van der Waals surface area contributed by atoms with E-state index in [0.717, 1.165) is 26.5 Å². The van der Waals surface area contributed by atoms with Gasteiger partial charge in [0.05, 0.1) is 10.6 Å². The van der Waals surface area contributed by atoms with Crippen LogP contribution in [0.25, 0.3) is 20.9 Å². The first-order chi connectivity index (χ1) is 12.9. The van der Waals surface area contributed by atoms with Crippen molar-refractivity contribution in [1.29, 1.82) is 0 Å². The number of aryl methyl sites for hydroxylation is 1. The zero-order valence-electron chi connectivity index (χ0n) is 14.2. The fraction of sp³-hybridized carbons (Fsp3) is 0.0526. The summed E-state index contributed by atoms with van der Waals surface area (Å²) in [5.74, 6) is 0. The van der Waals surface area contributed by atoms with E-state index in [4.69, 9.17) is 11.6 Å². The van der Waals surface area contributed by atoms with Gasteiger partial charge < -0.3 is 0 Å². The fourth-order valence-corrected chi connectivity index (χ4v) is 4.73. The average Bonchev–Trinajstić information content (AvgIpc) is 3.08. The Bertz CT molecular complexity index is 1200. The number of nitrogens with one attached hydrogen (secondary N) is 1. The lowest BCUT2D eigenvalue weighted by atomic mass is 10.1. The van der Waals surface area contributed by atoms with E-state index < -0.39 is 10.0 Å². The second-order valence-electron chi connectivity index (χ2n) is 5.94. The molecule has 0 amide bonds. The van der Waals surface area contributed by atoms with Gasteiger partial charge in [-0.15, -0.1) is 0 Å². The highest BCUT2D eigenvalue weighted by Crippen LogP contribution is 2.32. The number of aromatic nitrogens is 2. The average molecular weight is 416 g/mol. The van der Waals surface area contributed by atoms with Crippen LogP contribution in [0.15, 0.2) is 65.7 Å². The standard InChI is InChI=1S/C19H14ClN3O2S2/c1-12-4-5-13(18-22-16-3-2-10-21-19(16)26-18)11-17(12)23-27(24,25)15-8-6-14(20)7-9-15/h2-11,23H,1H3. The molecular weight excluding hydrogens is 402 g/mol. The third kappa shape index (κ3) is 3.66. The first kappa shape index (κ1) is 17.9. The molecule has 4 aromatic rings. The smallest absolute Gasteiger partial charge is 0.261 e. The lowest BCUT2D eigenvalue weighted by Crippen LogP contribution is -2.13. The molecule has 27 heavy (non-hydrogen) atoms. The molecule has 136 valence electrons. The normalized spacial score (nSPS) is 11.6. The molecule has 0 saturated carbocycles. The molecule has 0 aliphatic carbocycles. The van der Waals surface area contributed by atoms with Gasteiger partial charge >= 0.3 is 0 Å². The van der Waals surface area contributed by atoms with Gasteiger partial charge in [0.15, 0.2) is 0 Å². The number of fused-ring (bicyclic) bond motifs is 1. The van der Waals surface area contributed by atoms with E-state index in [-0.39, 0.29) is 4.90 Å². The van der Waals surface area contributed by atoms with E-state index in [0.29, 0.717) is 10.7 Å². The second-order valence-corrected chi connectivity index (χ2v) is 9.03. The first-order valence-corrected chi connectivity index (χ1v) is 10.7. The summed E-state index contributed by atoms with van der Waals surface area (Å²) in [6.45, 7) is 1.85. The Hall–Kier alpha value is -2.48. The molecule has 5 nitrogen and oxygen atoms in total. The molecule has 8 heteroatoms. The number of sulfonamides is 1. The van der Waals surface area contributed by atoms with Gasteiger partial charge in [-0.25, -0.2) is 18.4 Å². The maximum atomic E-state index is 12.7. The minimum Gasteiger partial charge on any atom is -0.279 e. The molecule has 1 N–H and O–H groups in total. The summed E-state index contributed by atoms with van der Waals surface area (Å²) in [6, 6.07) is 15.4. The highest BCUT2D eigenvalue weighted by Gasteiger charge is 2.16. The molecule has 2 aromatic heterocycles. The van der Waals surface area contributed by atoms with Gasteiger partial charge in [-0.3, -0.25) is 4.72 Å².